The third kappa shape index (κ3) is 3.15. The van der Waals surface area contributed by atoms with E-state index in [-0.39, 0.29) is 16.9 Å². The second-order valence-corrected chi connectivity index (χ2v) is 5.64. The summed E-state index contributed by atoms with van der Waals surface area (Å²) in [6.45, 7) is 0.399. The van der Waals surface area contributed by atoms with Crippen LogP contribution >= 0.6 is 22.9 Å². The molecule has 0 saturated carbocycles. The predicted molar refractivity (Wildman–Crippen MR) is 76.0 cm³/mol. The Labute approximate surface area is 118 Å². The van der Waals surface area contributed by atoms with Gasteiger partial charge in [-0.25, -0.2) is 4.39 Å². The van der Waals surface area contributed by atoms with Crippen molar-refractivity contribution in [1.29, 1.82) is 0 Å². The molecule has 0 aliphatic carbocycles. The lowest BCUT2D eigenvalue weighted by molar-refractivity contribution is 0.100. The molecule has 2 rings (SSSR count). The Bertz CT molecular complexity index is 629. The highest BCUT2D eigenvalue weighted by atomic mass is 35.5. The van der Waals surface area contributed by atoms with Crippen LogP contribution in [0.25, 0.3) is 0 Å². The van der Waals surface area contributed by atoms with Gasteiger partial charge in [0.1, 0.15) is 5.82 Å². The molecule has 0 radical (unpaired) electrons. The monoisotopic (exact) mass is 299 g/mol. The number of nitrogens with two attached hydrogens (primary N) is 2. The second kappa shape index (κ2) is 5.46. The minimum Gasteiger partial charge on any atom is -0.398 e. The number of amides is 1. The fourth-order valence-corrected chi connectivity index (χ4v) is 2.59. The molecule has 0 aliphatic heterocycles. The topological polar surface area (TPSA) is 81.1 Å². The maximum atomic E-state index is 13.7. The Kier molecular flexibility index (Phi) is 3.92. The lowest BCUT2D eigenvalue weighted by atomic mass is 10.1. The lowest BCUT2D eigenvalue weighted by Gasteiger charge is -2.09. The number of carbonyl (C=O) groups excluding carboxylic acids is 1. The number of benzene rings is 1. The predicted octanol–water partition coefficient (Wildman–Crippen LogP) is 2.83. The number of primary amides is 1. The van der Waals surface area contributed by atoms with E-state index >= 15 is 0 Å². The van der Waals surface area contributed by atoms with E-state index < -0.39 is 11.7 Å². The molecule has 19 heavy (non-hydrogen) atoms. The zero-order valence-corrected chi connectivity index (χ0v) is 11.3. The van der Waals surface area contributed by atoms with Crippen LogP contribution in [0.1, 0.15) is 15.2 Å². The van der Waals surface area contributed by atoms with E-state index in [0.717, 1.165) is 10.9 Å². The molecule has 0 unspecified atom stereocenters. The van der Waals surface area contributed by atoms with Crippen molar-refractivity contribution in [2.75, 3.05) is 11.1 Å². The van der Waals surface area contributed by atoms with Crippen LogP contribution in [0.5, 0.6) is 0 Å². The van der Waals surface area contributed by atoms with Gasteiger partial charge in [-0.1, -0.05) is 11.6 Å². The number of hydrogen-bond donors (Lipinski definition) is 3. The van der Waals surface area contributed by atoms with Crippen molar-refractivity contribution in [3.8, 4) is 0 Å². The van der Waals surface area contributed by atoms with E-state index in [0.29, 0.717) is 10.9 Å². The SMILES string of the molecule is NC(=O)c1cc(NCc2ccc(Cl)s2)c(F)cc1N. The van der Waals surface area contributed by atoms with Crippen LogP contribution in [0.2, 0.25) is 4.34 Å². The van der Waals surface area contributed by atoms with Gasteiger partial charge in [-0.15, -0.1) is 11.3 Å². The molecule has 2 aromatic rings. The van der Waals surface area contributed by atoms with E-state index in [2.05, 4.69) is 5.32 Å². The Balaban J connectivity index is 2.20. The fraction of sp³-hybridized carbons (Fsp3) is 0.0833. The first-order valence-corrected chi connectivity index (χ1v) is 6.53. The summed E-state index contributed by atoms with van der Waals surface area (Å²) in [6.07, 6.45) is 0. The molecule has 1 aromatic heterocycles. The van der Waals surface area contributed by atoms with Crippen LogP contribution < -0.4 is 16.8 Å². The molecule has 100 valence electrons. The second-order valence-electron chi connectivity index (χ2n) is 3.84. The van der Waals surface area contributed by atoms with Crippen LogP contribution in [0.15, 0.2) is 24.3 Å². The Hall–Kier alpha value is -1.79. The van der Waals surface area contributed by atoms with Gasteiger partial charge in [0.25, 0.3) is 5.91 Å². The maximum Gasteiger partial charge on any atom is 0.250 e. The third-order valence-electron chi connectivity index (χ3n) is 2.49. The number of thiophene rings is 1. The maximum absolute atomic E-state index is 13.7. The summed E-state index contributed by atoms with van der Waals surface area (Å²) in [5, 5.41) is 2.88. The van der Waals surface area contributed by atoms with E-state index in [1.54, 1.807) is 6.07 Å². The van der Waals surface area contributed by atoms with E-state index in [1.807, 2.05) is 6.07 Å². The highest BCUT2D eigenvalue weighted by Crippen LogP contribution is 2.25. The summed E-state index contributed by atoms with van der Waals surface area (Å²) in [4.78, 5) is 12.1. The largest absolute Gasteiger partial charge is 0.398 e. The molecule has 0 spiro atoms. The minimum atomic E-state index is -0.695. The fourth-order valence-electron chi connectivity index (χ4n) is 1.57. The number of carbonyl (C=O) groups is 1. The summed E-state index contributed by atoms with van der Waals surface area (Å²) in [5.41, 5.74) is 11.0. The van der Waals surface area contributed by atoms with Gasteiger partial charge in [-0.05, 0) is 24.3 Å². The van der Waals surface area contributed by atoms with E-state index in [9.17, 15) is 9.18 Å². The zero-order valence-electron chi connectivity index (χ0n) is 9.74. The first kappa shape index (κ1) is 13.6. The van der Waals surface area contributed by atoms with Gasteiger partial charge in [0.15, 0.2) is 0 Å². The van der Waals surface area contributed by atoms with Gasteiger partial charge in [-0.2, -0.15) is 0 Å². The molecule has 0 saturated heterocycles. The third-order valence-corrected chi connectivity index (χ3v) is 3.72. The van der Waals surface area contributed by atoms with Crippen LogP contribution in [0.3, 0.4) is 0 Å². The van der Waals surface area contributed by atoms with Crippen molar-refractivity contribution in [3.63, 3.8) is 0 Å². The molecule has 0 atom stereocenters. The number of anilines is 2. The average molecular weight is 300 g/mol. The molecule has 0 fully saturated rings. The van der Waals surface area contributed by atoms with Gasteiger partial charge in [0.05, 0.1) is 15.6 Å². The smallest absolute Gasteiger partial charge is 0.250 e. The van der Waals surface area contributed by atoms with Gasteiger partial charge in [0, 0.05) is 17.1 Å². The van der Waals surface area contributed by atoms with Crippen molar-refractivity contribution >= 4 is 40.2 Å². The van der Waals surface area contributed by atoms with Gasteiger partial charge < -0.3 is 16.8 Å². The molecule has 1 aromatic carbocycles. The quantitative estimate of drug-likeness (QED) is 0.759. The van der Waals surface area contributed by atoms with Gasteiger partial charge >= 0.3 is 0 Å². The Morgan fingerprint density at radius 3 is 2.74 bits per heavy atom. The summed E-state index contributed by atoms with van der Waals surface area (Å²) in [7, 11) is 0. The highest BCUT2D eigenvalue weighted by Gasteiger charge is 2.11. The molecule has 7 heteroatoms. The molecule has 5 N–H and O–H groups in total. The average Bonchev–Trinajstić information content (AvgIpc) is 2.73. The van der Waals surface area contributed by atoms with Gasteiger partial charge in [-0.3, -0.25) is 4.79 Å². The van der Waals surface area contributed by atoms with Gasteiger partial charge in [0.2, 0.25) is 0 Å². The van der Waals surface area contributed by atoms with Crippen molar-refractivity contribution in [2.45, 2.75) is 6.54 Å². The van der Waals surface area contributed by atoms with E-state index in [4.69, 9.17) is 23.1 Å². The summed E-state index contributed by atoms with van der Waals surface area (Å²) in [5.74, 6) is -1.23. The molecule has 1 heterocycles. The minimum absolute atomic E-state index is 0.0229. The zero-order chi connectivity index (χ0) is 14.0. The van der Waals surface area contributed by atoms with Crippen molar-refractivity contribution in [1.82, 2.24) is 0 Å². The molecule has 4 nitrogen and oxygen atoms in total. The highest BCUT2D eigenvalue weighted by molar-refractivity contribution is 7.16. The lowest BCUT2D eigenvalue weighted by Crippen LogP contribution is -2.14. The molecule has 0 bridgehead atoms. The molecule has 1 amide bonds. The molecular weight excluding hydrogens is 289 g/mol. The number of nitrogens with one attached hydrogen (secondary N) is 1. The number of hydrogen-bond acceptors (Lipinski definition) is 4. The first-order chi connectivity index (χ1) is 8.97. The van der Waals surface area contributed by atoms with Crippen LogP contribution in [0, 0.1) is 5.82 Å². The standard InChI is InChI=1S/C12H11ClFN3OS/c13-11-2-1-6(19-11)5-17-10-3-7(12(16)18)9(15)4-8(10)14/h1-4,17H,5,15H2,(H2,16,18). The number of nitrogen functional groups attached to an aromatic ring is 1. The normalized spacial score (nSPS) is 10.4. The number of rotatable bonds is 4. The molecular formula is C12H11ClFN3OS. The molecule has 0 aliphatic rings. The van der Waals surface area contributed by atoms with Crippen molar-refractivity contribution in [2.24, 2.45) is 5.73 Å². The van der Waals surface area contributed by atoms with Crippen molar-refractivity contribution < 1.29 is 9.18 Å². The van der Waals surface area contributed by atoms with Crippen molar-refractivity contribution in [3.05, 3.63) is 44.9 Å². The summed E-state index contributed by atoms with van der Waals surface area (Å²) in [6, 6.07) is 5.98. The van der Waals surface area contributed by atoms with Crippen LogP contribution in [0.4, 0.5) is 15.8 Å². The Morgan fingerprint density at radius 2 is 2.16 bits per heavy atom. The van der Waals surface area contributed by atoms with Crippen LogP contribution in [-0.2, 0) is 6.54 Å². The summed E-state index contributed by atoms with van der Waals surface area (Å²) >= 11 is 7.19. The van der Waals surface area contributed by atoms with Crippen LogP contribution in [-0.4, -0.2) is 5.91 Å². The summed E-state index contributed by atoms with van der Waals surface area (Å²) < 4.78 is 14.3. The van der Waals surface area contributed by atoms with E-state index in [1.165, 1.54) is 17.4 Å². The first-order valence-electron chi connectivity index (χ1n) is 5.34. The number of halogens is 2. The Morgan fingerprint density at radius 1 is 1.42 bits per heavy atom.